The Morgan fingerprint density at radius 2 is 2.11 bits per heavy atom. The van der Waals surface area contributed by atoms with Crippen LogP contribution < -0.4 is 5.32 Å². The van der Waals surface area contributed by atoms with Gasteiger partial charge in [-0.05, 0) is 63.1 Å². The maximum absolute atomic E-state index is 3.80. The molecule has 18 heavy (non-hydrogen) atoms. The summed E-state index contributed by atoms with van der Waals surface area (Å²) in [5, 5.41) is 3.80. The lowest BCUT2D eigenvalue weighted by atomic mass is 9.71. The SMILES string of the molecule is CC(CNC1CC2CC=CC21)CN1CCCCC1. The monoisotopic (exact) mass is 248 g/mol. The zero-order chi connectivity index (χ0) is 12.4. The van der Waals surface area contributed by atoms with E-state index in [2.05, 4.69) is 29.3 Å². The van der Waals surface area contributed by atoms with Crippen molar-refractivity contribution in [3.63, 3.8) is 0 Å². The number of allylic oxidation sites excluding steroid dienone is 1. The van der Waals surface area contributed by atoms with E-state index in [4.69, 9.17) is 0 Å². The third-order valence-electron chi connectivity index (χ3n) is 5.11. The van der Waals surface area contributed by atoms with Crippen molar-refractivity contribution in [1.82, 2.24) is 10.2 Å². The average molecular weight is 248 g/mol. The molecule has 1 saturated carbocycles. The molecule has 1 saturated heterocycles. The molecule has 4 atom stereocenters. The van der Waals surface area contributed by atoms with Gasteiger partial charge in [-0.3, -0.25) is 0 Å². The van der Waals surface area contributed by atoms with Gasteiger partial charge < -0.3 is 10.2 Å². The fraction of sp³-hybridized carbons (Fsp3) is 0.875. The Balaban J connectivity index is 1.34. The van der Waals surface area contributed by atoms with E-state index in [1.165, 1.54) is 58.3 Å². The fourth-order valence-corrected chi connectivity index (χ4v) is 3.95. The number of rotatable bonds is 5. The largest absolute Gasteiger partial charge is 0.313 e. The smallest absolute Gasteiger partial charge is 0.0136 e. The quantitative estimate of drug-likeness (QED) is 0.753. The molecule has 0 bridgehead atoms. The second kappa shape index (κ2) is 5.75. The van der Waals surface area contributed by atoms with Crippen LogP contribution in [0.5, 0.6) is 0 Å². The summed E-state index contributed by atoms with van der Waals surface area (Å²) < 4.78 is 0. The predicted molar refractivity (Wildman–Crippen MR) is 76.6 cm³/mol. The van der Waals surface area contributed by atoms with Gasteiger partial charge in [0.15, 0.2) is 0 Å². The molecule has 0 spiro atoms. The van der Waals surface area contributed by atoms with Crippen LogP contribution in [0.2, 0.25) is 0 Å². The third kappa shape index (κ3) is 2.80. The van der Waals surface area contributed by atoms with E-state index in [9.17, 15) is 0 Å². The van der Waals surface area contributed by atoms with E-state index < -0.39 is 0 Å². The Bertz CT molecular complexity index is 293. The van der Waals surface area contributed by atoms with Gasteiger partial charge in [0.1, 0.15) is 0 Å². The Labute approximate surface area is 112 Å². The van der Waals surface area contributed by atoms with Gasteiger partial charge in [-0.25, -0.2) is 0 Å². The molecule has 2 nitrogen and oxygen atoms in total. The third-order valence-corrected chi connectivity index (χ3v) is 5.11. The number of hydrogen-bond donors (Lipinski definition) is 1. The molecular formula is C16H28N2. The molecule has 102 valence electrons. The molecule has 3 aliphatic rings. The molecule has 1 aliphatic heterocycles. The Hall–Kier alpha value is -0.340. The highest BCUT2D eigenvalue weighted by molar-refractivity contribution is 5.12. The van der Waals surface area contributed by atoms with Gasteiger partial charge in [0.25, 0.3) is 0 Å². The van der Waals surface area contributed by atoms with Gasteiger partial charge in [-0.1, -0.05) is 25.5 Å². The van der Waals surface area contributed by atoms with E-state index in [-0.39, 0.29) is 0 Å². The summed E-state index contributed by atoms with van der Waals surface area (Å²) in [5.41, 5.74) is 0. The number of likely N-dealkylation sites (tertiary alicyclic amines) is 1. The van der Waals surface area contributed by atoms with Gasteiger partial charge >= 0.3 is 0 Å². The van der Waals surface area contributed by atoms with Crippen LogP contribution in [0.25, 0.3) is 0 Å². The Morgan fingerprint density at radius 1 is 1.28 bits per heavy atom. The zero-order valence-corrected chi connectivity index (χ0v) is 11.8. The van der Waals surface area contributed by atoms with Crippen LogP contribution >= 0.6 is 0 Å². The molecule has 0 aromatic carbocycles. The van der Waals surface area contributed by atoms with Crippen LogP contribution in [-0.4, -0.2) is 37.1 Å². The molecular weight excluding hydrogens is 220 g/mol. The molecule has 2 fully saturated rings. The van der Waals surface area contributed by atoms with E-state index in [1.807, 2.05) is 0 Å². The standard InChI is InChI=1S/C16H28N2/c1-13(12-18-8-3-2-4-9-18)11-17-16-10-14-6-5-7-15(14)16/h5,7,13-17H,2-4,6,8-12H2,1H3. The summed E-state index contributed by atoms with van der Waals surface area (Å²) in [6, 6.07) is 0.789. The second-order valence-corrected chi connectivity index (χ2v) is 6.72. The highest BCUT2D eigenvalue weighted by Crippen LogP contribution is 2.42. The number of nitrogens with one attached hydrogen (secondary N) is 1. The minimum Gasteiger partial charge on any atom is -0.313 e. The van der Waals surface area contributed by atoms with Crippen LogP contribution in [0, 0.1) is 17.8 Å². The summed E-state index contributed by atoms with van der Waals surface area (Å²) in [4.78, 5) is 2.66. The molecule has 2 aliphatic carbocycles. The molecule has 3 rings (SSSR count). The van der Waals surface area contributed by atoms with Crippen molar-refractivity contribution in [2.75, 3.05) is 26.2 Å². The first-order chi connectivity index (χ1) is 8.83. The van der Waals surface area contributed by atoms with Crippen LogP contribution in [-0.2, 0) is 0 Å². The van der Waals surface area contributed by atoms with Crippen LogP contribution in [0.3, 0.4) is 0 Å². The molecule has 0 amide bonds. The second-order valence-electron chi connectivity index (χ2n) is 6.72. The topological polar surface area (TPSA) is 15.3 Å². The van der Waals surface area contributed by atoms with Crippen molar-refractivity contribution < 1.29 is 0 Å². The maximum Gasteiger partial charge on any atom is 0.0136 e. The summed E-state index contributed by atoms with van der Waals surface area (Å²) in [6.45, 7) is 7.58. The van der Waals surface area contributed by atoms with Crippen molar-refractivity contribution in [3.8, 4) is 0 Å². The highest BCUT2D eigenvalue weighted by atomic mass is 15.1. The van der Waals surface area contributed by atoms with Gasteiger partial charge in [0.05, 0.1) is 0 Å². The van der Waals surface area contributed by atoms with Crippen molar-refractivity contribution in [2.24, 2.45) is 17.8 Å². The summed E-state index contributed by atoms with van der Waals surface area (Å²) in [6.07, 6.45) is 11.9. The summed E-state index contributed by atoms with van der Waals surface area (Å²) >= 11 is 0. The van der Waals surface area contributed by atoms with Gasteiger partial charge in [-0.2, -0.15) is 0 Å². The maximum atomic E-state index is 3.80. The summed E-state index contributed by atoms with van der Waals surface area (Å²) in [5.74, 6) is 2.65. The number of hydrogen-bond acceptors (Lipinski definition) is 2. The predicted octanol–water partition coefficient (Wildman–Crippen LogP) is 2.66. The first kappa shape index (κ1) is 12.7. The van der Waals surface area contributed by atoms with Gasteiger partial charge in [0, 0.05) is 12.6 Å². The molecule has 1 N–H and O–H groups in total. The van der Waals surface area contributed by atoms with Crippen LogP contribution in [0.1, 0.15) is 39.0 Å². The van der Waals surface area contributed by atoms with Gasteiger partial charge in [-0.15, -0.1) is 0 Å². The van der Waals surface area contributed by atoms with E-state index in [1.54, 1.807) is 0 Å². The zero-order valence-electron chi connectivity index (χ0n) is 11.8. The van der Waals surface area contributed by atoms with E-state index in [0.29, 0.717) is 0 Å². The van der Waals surface area contributed by atoms with Crippen LogP contribution in [0.4, 0.5) is 0 Å². The highest BCUT2D eigenvalue weighted by Gasteiger charge is 2.40. The molecule has 0 radical (unpaired) electrons. The number of fused-ring (bicyclic) bond motifs is 1. The lowest BCUT2D eigenvalue weighted by molar-refractivity contribution is 0.148. The first-order valence-electron chi connectivity index (χ1n) is 7.95. The van der Waals surface area contributed by atoms with Gasteiger partial charge in [0.2, 0.25) is 0 Å². The fourth-order valence-electron chi connectivity index (χ4n) is 3.95. The Kier molecular flexibility index (Phi) is 4.05. The molecule has 1 heterocycles. The van der Waals surface area contributed by atoms with Crippen molar-refractivity contribution in [2.45, 2.75) is 45.1 Å². The number of piperidine rings is 1. The minimum atomic E-state index is 0.789. The molecule has 0 aromatic heterocycles. The lowest BCUT2D eigenvalue weighted by Crippen LogP contribution is -2.50. The van der Waals surface area contributed by atoms with Crippen molar-refractivity contribution in [1.29, 1.82) is 0 Å². The molecule has 2 heteroatoms. The van der Waals surface area contributed by atoms with Crippen molar-refractivity contribution >= 4 is 0 Å². The van der Waals surface area contributed by atoms with Crippen LogP contribution in [0.15, 0.2) is 12.2 Å². The van der Waals surface area contributed by atoms with Crippen molar-refractivity contribution in [3.05, 3.63) is 12.2 Å². The normalized spacial score (nSPS) is 37.3. The first-order valence-corrected chi connectivity index (χ1v) is 7.95. The minimum absolute atomic E-state index is 0.789. The average Bonchev–Trinajstić information content (AvgIpc) is 2.72. The molecule has 4 unspecified atom stereocenters. The Morgan fingerprint density at radius 3 is 2.89 bits per heavy atom. The molecule has 0 aromatic rings. The number of nitrogens with zero attached hydrogens (tertiary/aromatic N) is 1. The summed E-state index contributed by atoms with van der Waals surface area (Å²) in [7, 11) is 0. The van der Waals surface area contributed by atoms with E-state index >= 15 is 0 Å². The van der Waals surface area contributed by atoms with E-state index in [0.717, 1.165) is 23.8 Å². The lowest BCUT2D eigenvalue weighted by Gasteiger charge is -2.41.